The second kappa shape index (κ2) is 4.93. The van der Waals surface area contributed by atoms with Crippen molar-refractivity contribution in [3.05, 3.63) is 16.4 Å². The van der Waals surface area contributed by atoms with Gasteiger partial charge in [-0.1, -0.05) is 19.1 Å². The van der Waals surface area contributed by atoms with Crippen molar-refractivity contribution in [2.75, 3.05) is 4.72 Å². The van der Waals surface area contributed by atoms with E-state index in [0.717, 1.165) is 5.69 Å². The number of anilines is 1. The predicted octanol–water partition coefficient (Wildman–Crippen LogP) is 1.22. The van der Waals surface area contributed by atoms with Crippen LogP contribution < -0.4 is 4.72 Å². The lowest BCUT2D eigenvalue weighted by Gasteiger charge is -2.04. The minimum Gasteiger partial charge on any atom is -0.280 e. The minimum absolute atomic E-state index is 0.0541. The summed E-state index contributed by atoms with van der Waals surface area (Å²) < 4.78 is 28.1. The van der Waals surface area contributed by atoms with Crippen LogP contribution in [-0.2, 0) is 17.1 Å². The van der Waals surface area contributed by atoms with Gasteiger partial charge in [0.2, 0.25) is 5.03 Å². The maximum Gasteiger partial charge on any atom is 0.283 e. The first-order valence-corrected chi connectivity index (χ1v) is 7.72. The van der Waals surface area contributed by atoms with E-state index in [9.17, 15) is 8.42 Å². The molecule has 0 aliphatic carbocycles. The van der Waals surface area contributed by atoms with Gasteiger partial charge in [-0.15, -0.1) is 5.10 Å². The molecule has 0 aliphatic heterocycles. The Kier molecular flexibility index (Phi) is 3.63. The lowest BCUT2D eigenvalue weighted by atomic mass is 10.1. The quantitative estimate of drug-likeness (QED) is 0.864. The Bertz CT molecular complexity index is 670. The molecular weight excluding hydrogens is 336 g/mol. The number of sulfonamides is 1. The number of H-pyrrole nitrogens is 1. The zero-order chi connectivity index (χ0) is 14.2. The normalized spacial score (nSPS) is 12.1. The monoisotopic (exact) mass is 348 g/mol. The summed E-state index contributed by atoms with van der Waals surface area (Å²) in [6.45, 7) is 3.96. The van der Waals surface area contributed by atoms with Crippen LogP contribution in [0.15, 0.2) is 15.7 Å². The zero-order valence-electron chi connectivity index (χ0n) is 10.5. The van der Waals surface area contributed by atoms with Crippen molar-refractivity contribution >= 4 is 31.8 Å². The van der Waals surface area contributed by atoms with Crippen LogP contribution in [0, 0.1) is 0 Å². The average molecular weight is 349 g/mol. The molecule has 0 saturated carbocycles. The van der Waals surface area contributed by atoms with Gasteiger partial charge in [0.25, 0.3) is 10.0 Å². The Labute approximate surface area is 118 Å². The molecule has 2 N–H and O–H groups in total. The van der Waals surface area contributed by atoms with E-state index in [1.54, 1.807) is 6.07 Å². The van der Waals surface area contributed by atoms with E-state index in [2.05, 4.69) is 41.2 Å². The molecule has 0 aromatic carbocycles. The van der Waals surface area contributed by atoms with Crippen molar-refractivity contribution in [3.8, 4) is 0 Å². The smallest absolute Gasteiger partial charge is 0.280 e. The topological polar surface area (TPSA) is 106 Å². The number of aryl methyl sites for hydroxylation is 1. The third kappa shape index (κ3) is 2.78. The molecule has 0 bridgehead atoms. The molecule has 0 atom stereocenters. The Morgan fingerprint density at radius 3 is 2.63 bits per heavy atom. The molecule has 8 nitrogen and oxygen atoms in total. The van der Waals surface area contributed by atoms with Crippen LogP contribution >= 0.6 is 15.9 Å². The molecule has 10 heteroatoms. The van der Waals surface area contributed by atoms with E-state index < -0.39 is 10.0 Å². The predicted molar refractivity (Wildman–Crippen MR) is 72.2 cm³/mol. The number of nitrogens with one attached hydrogen (secondary N) is 2. The Balaban J connectivity index is 2.31. The first-order chi connectivity index (χ1) is 8.81. The molecule has 0 amide bonds. The Morgan fingerprint density at radius 1 is 1.47 bits per heavy atom. The van der Waals surface area contributed by atoms with Crippen LogP contribution in [0.5, 0.6) is 0 Å². The SMILES string of the molecule is CC(C)c1cc(NS(=O)(=O)c2c(Br)nnn2C)n[nH]1. The zero-order valence-corrected chi connectivity index (χ0v) is 12.9. The van der Waals surface area contributed by atoms with Crippen molar-refractivity contribution in [3.63, 3.8) is 0 Å². The van der Waals surface area contributed by atoms with Gasteiger partial charge in [-0.3, -0.25) is 9.82 Å². The van der Waals surface area contributed by atoms with Gasteiger partial charge in [-0.2, -0.15) is 13.5 Å². The van der Waals surface area contributed by atoms with E-state index in [-0.39, 0.29) is 21.4 Å². The second-order valence-electron chi connectivity index (χ2n) is 4.28. The van der Waals surface area contributed by atoms with Crippen molar-refractivity contribution < 1.29 is 8.42 Å². The van der Waals surface area contributed by atoms with Gasteiger partial charge in [0.1, 0.15) is 0 Å². The van der Waals surface area contributed by atoms with Gasteiger partial charge >= 0.3 is 0 Å². The summed E-state index contributed by atoms with van der Waals surface area (Å²) in [5.74, 6) is 0.465. The fraction of sp³-hybridized carbons (Fsp3) is 0.444. The number of rotatable bonds is 4. The third-order valence-electron chi connectivity index (χ3n) is 2.45. The second-order valence-corrected chi connectivity index (χ2v) is 6.63. The van der Waals surface area contributed by atoms with Gasteiger partial charge in [-0.25, -0.2) is 4.68 Å². The van der Waals surface area contributed by atoms with Gasteiger partial charge in [0.05, 0.1) is 0 Å². The summed E-state index contributed by atoms with van der Waals surface area (Å²) in [6.07, 6.45) is 0. The van der Waals surface area contributed by atoms with Crippen LogP contribution in [0.25, 0.3) is 0 Å². The lowest BCUT2D eigenvalue weighted by Crippen LogP contribution is -2.17. The summed E-state index contributed by atoms with van der Waals surface area (Å²) in [7, 11) is -2.29. The average Bonchev–Trinajstić information content (AvgIpc) is 2.85. The van der Waals surface area contributed by atoms with E-state index >= 15 is 0 Å². The number of aromatic nitrogens is 5. The highest BCUT2D eigenvalue weighted by Crippen LogP contribution is 2.22. The molecule has 0 radical (unpaired) electrons. The molecule has 2 heterocycles. The largest absolute Gasteiger partial charge is 0.283 e. The maximum absolute atomic E-state index is 12.2. The molecule has 0 fully saturated rings. The summed E-state index contributed by atoms with van der Waals surface area (Å²) in [5.41, 5.74) is 0.847. The highest BCUT2D eigenvalue weighted by molar-refractivity contribution is 9.10. The fourth-order valence-electron chi connectivity index (χ4n) is 1.48. The van der Waals surface area contributed by atoms with Gasteiger partial charge in [-0.05, 0) is 21.8 Å². The van der Waals surface area contributed by atoms with Gasteiger partial charge in [0, 0.05) is 18.8 Å². The summed E-state index contributed by atoms with van der Waals surface area (Å²) >= 11 is 3.05. The highest BCUT2D eigenvalue weighted by Gasteiger charge is 2.24. The van der Waals surface area contributed by atoms with E-state index in [1.807, 2.05) is 13.8 Å². The number of aromatic amines is 1. The molecule has 104 valence electrons. The van der Waals surface area contributed by atoms with Crippen LogP contribution in [0.4, 0.5) is 5.82 Å². The van der Waals surface area contributed by atoms with Crippen LogP contribution in [0.2, 0.25) is 0 Å². The number of hydrogen-bond donors (Lipinski definition) is 2. The maximum atomic E-state index is 12.2. The number of nitrogens with zero attached hydrogens (tertiary/aromatic N) is 4. The summed E-state index contributed by atoms with van der Waals surface area (Å²) in [4.78, 5) is 0. The highest BCUT2D eigenvalue weighted by atomic mass is 79.9. The van der Waals surface area contributed by atoms with Crippen molar-refractivity contribution in [2.24, 2.45) is 7.05 Å². The summed E-state index contributed by atoms with van der Waals surface area (Å²) in [5, 5.41) is 13.9. The molecule has 19 heavy (non-hydrogen) atoms. The first-order valence-electron chi connectivity index (χ1n) is 5.44. The van der Waals surface area contributed by atoms with Crippen molar-refractivity contribution in [1.29, 1.82) is 0 Å². The van der Waals surface area contributed by atoms with Crippen LogP contribution in [0.1, 0.15) is 25.5 Å². The molecule has 0 spiro atoms. The Morgan fingerprint density at radius 2 is 2.16 bits per heavy atom. The van der Waals surface area contributed by atoms with E-state index in [0.29, 0.717) is 0 Å². The molecule has 0 saturated heterocycles. The van der Waals surface area contributed by atoms with Crippen LogP contribution in [0.3, 0.4) is 0 Å². The Hall–Kier alpha value is -1.42. The number of hydrogen-bond acceptors (Lipinski definition) is 5. The van der Waals surface area contributed by atoms with Crippen LogP contribution in [-0.4, -0.2) is 33.6 Å². The lowest BCUT2D eigenvalue weighted by molar-refractivity contribution is 0.578. The van der Waals surface area contributed by atoms with Crippen molar-refractivity contribution in [2.45, 2.75) is 24.8 Å². The third-order valence-corrected chi connectivity index (χ3v) is 4.69. The molecule has 0 aliphatic rings. The molecule has 2 aromatic rings. The van der Waals surface area contributed by atoms with Gasteiger partial charge < -0.3 is 0 Å². The first kappa shape index (κ1) is 14.0. The summed E-state index contributed by atoms with van der Waals surface area (Å²) in [6, 6.07) is 1.65. The molecular formula is C9H13BrN6O2S. The van der Waals surface area contributed by atoms with Crippen molar-refractivity contribution in [1.82, 2.24) is 25.2 Å². The van der Waals surface area contributed by atoms with E-state index in [1.165, 1.54) is 11.7 Å². The fourth-order valence-corrected chi connectivity index (χ4v) is 3.57. The number of halogens is 1. The minimum atomic E-state index is -3.79. The molecule has 2 rings (SSSR count). The molecule has 2 aromatic heterocycles. The molecule has 0 unspecified atom stereocenters. The standard InChI is InChI=1S/C9H13BrN6O2S/c1-5(2)6-4-7(12-11-6)14-19(17,18)9-8(10)13-15-16(9)3/h4-5H,1-3H3,(H2,11,12,14). The van der Waals surface area contributed by atoms with E-state index in [4.69, 9.17) is 0 Å². The van der Waals surface area contributed by atoms with Gasteiger partial charge in [0.15, 0.2) is 10.4 Å².